The van der Waals surface area contributed by atoms with Crippen LogP contribution in [0.3, 0.4) is 0 Å². The van der Waals surface area contributed by atoms with E-state index in [0.717, 1.165) is 16.9 Å². The summed E-state index contributed by atoms with van der Waals surface area (Å²) in [7, 11) is 1.63. The second kappa shape index (κ2) is 6.95. The summed E-state index contributed by atoms with van der Waals surface area (Å²) in [4.78, 5) is 11.6. The fraction of sp³-hybridized carbons (Fsp3) is 0.350. The van der Waals surface area contributed by atoms with Crippen molar-refractivity contribution in [1.29, 1.82) is 0 Å². The minimum Gasteiger partial charge on any atom is -0.497 e. The molecule has 4 nitrogen and oxygen atoms in total. The van der Waals surface area contributed by atoms with Gasteiger partial charge in [0.25, 0.3) is 0 Å². The quantitative estimate of drug-likeness (QED) is 0.848. The highest BCUT2D eigenvalue weighted by molar-refractivity contribution is 5.91. The zero-order valence-electron chi connectivity index (χ0n) is 14.8. The molecule has 0 amide bonds. The molecule has 128 valence electrons. The molecule has 0 bridgehead atoms. The average Bonchev–Trinajstić information content (AvgIpc) is 2.54. The maximum Gasteiger partial charge on any atom is 0.339 e. The number of aromatic carboxylic acids is 1. The topological polar surface area (TPSA) is 55.8 Å². The highest BCUT2D eigenvalue weighted by atomic mass is 16.5. The molecule has 4 heteroatoms. The fourth-order valence-corrected chi connectivity index (χ4v) is 2.62. The first-order valence-corrected chi connectivity index (χ1v) is 7.94. The first-order chi connectivity index (χ1) is 11.3. The van der Waals surface area contributed by atoms with E-state index >= 15 is 0 Å². The first-order valence-electron chi connectivity index (χ1n) is 7.94. The highest BCUT2D eigenvalue weighted by Crippen LogP contribution is 2.35. The van der Waals surface area contributed by atoms with Crippen molar-refractivity contribution >= 4 is 5.97 Å². The zero-order valence-corrected chi connectivity index (χ0v) is 14.8. The van der Waals surface area contributed by atoms with Crippen LogP contribution in [0.1, 0.15) is 49.2 Å². The van der Waals surface area contributed by atoms with Gasteiger partial charge < -0.3 is 14.6 Å². The van der Waals surface area contributed by atoms with Gasteiger partial charge in [0.05, 0.1) is 13.2 Å². The third-order valence-corrected chi connectivity index (χ3v) is 4.11. The number of methoxy groups -OCH3 is 1. The van der Waals surface area contributed by atoms with Gasteiger partial charge in [0.15, 0.2) is 0 Å². The zero-order chi connectivity index (χ0) is 17.9. The number of rotatable bonds is 6. The van der Waals surface area contributed by atoms with Crippen molar-refractivity contribution < 1.29 is 19.4 Å². The minimum absolute atomic E-state index is 0.0800. The maximum atomic E-state index is 11.6. The molecule has 2 rings (SSSR count). The summed E-state index contributed by atoms with van der Waals surface area (Å²) in [5.41, 5.74) is 1.84. The summed E-state index contributed by atoms with van der Waals surface area (Å²) in [6.07, 6.45) is -0.0800. The van der Waals surface area contributed by atoms with Crippen molar-refractivity contribution in [3.63, 3.8) is 0 Å². The summed E-state index contributed by atoms with van der Waals surface area (Å²) < 4.78 is 10.8. The molecule has 0 aliphatic carbocycles. The van der Waals surface area contributed by atoms with Gasteiger partial charge in [-0.2, -0.15) is 0 Å². The van der Waals surface area contributed by atoms with Crippen molar-refractivity contribution in [1.82, 2.24) is 0 Å². The van der Waals surface area contributed by atoms with Crippen LogP contribution in [0.4, 0.5) is 0 Å². The lowest BCUT2D eigenvalue weighted by molar-refractivity contribution is 0.0690. The van der Waals surface area contributed by atoms with E-state index < -0.39 is 5.97 Å². The molecule has 0 spiro atoms. The van der Waals surface area contributed by atoms with Gasteiger partial charge in [0.1, 0.15) is 17.1 Å². The minimum atomic E-state index is -0.988. The molecule has 24 heavy (non-hydrogen) atoms. The molecule has 0 aliphatic rings. The number of ether oxygens (including phenoxy) is 2. The Morgan fingerprint density at radius 3 is 2.12 bits per heavy atom. The molecular weight excluding hydrogens is 304 g/mol. The van der Waals surface area contributed by atoms with E-state index in [-0.39, 0.29) is 17.1 Å². The van der Waals surface area contributed by atoms with E-state index in [1.54, 1.807) is 19.2 Å². The van der Waals surface area contributed by atoms with E-state index in [0.29, 0.717) is 5.75 Å². The fourth-order valence-electron chi connectivity index (χ4n) is 2.62. The van der Waals surface area contributed by atoms with Crippen LogP contribution in [0.15, 0.2) is 42.5 Å². The lowest BCUT2D eigenvalue weighted by Crippen LogP contribution is -2.20. The van der Waals surface area contributed by atoms with Gasteiger partial charge in [-0.25, -0.2) is 4.79 Å². The van der Waals surface area contributed by atoms with Crippen LogP contribution in [0.5, 0.6) is 11.5 Å². The number of benzene rings is 2. The van der Waals surface area contributed by atoms with Crippen molar-refractivity contribution in [3.8, 4) is 11.5 Å². The van der Waals surface area contributed by atoms with Crippen LogP contribution in [0.2, 0.25) is 0 Å². The van der Waals surface area contributed by atoms with Gasteiger partial charge in [-0.1, -0.05) is 32.0 Å². The van der Waals surface area contributed by atoms with E-state index in [1.165, 1.54) is 0 Å². The monoisotopic (exact) mass is 328 g/mol. The smallest absolute Gasteiger partial charge is 0.339 e. The number of carboxylic acid groups (broad SMARTS) is 1. The van der Waals surface area contributed by atoms with E-state index in [4.69, 9.17) is 9.47 Å². The standard InChI is InChI=1S/C20H24O4/c1-13(2)24-18-11-8-15(12-17(18)19(21)22)20(3,4)14-6-9-16(23-5)10-7-14/h6-13H,1-5H3,(H,21,22). The molecule has 2 aromatic rings. The SMILES string of the molecule is COc1ccc(C(C)(C)c2ccc(OC(C)C)c(C(=O)O)c2)cc1. The average molecular weight is 328 g/mol. The predicted octanol–water partition coefficient (Wildman–Crippen LogP) is 4.51. The van der Waals surface area contributed by atoms with Crippen LogP contribution in [-0.4, -0.2) is 24.3 Å². The predicted molar refractivity (Wildman–Crippen MR) is 94.3 cm³/mol. The summed E-state index contributed by atoms with van der Waals surface area (Å²) in [5.74, 6) is 0.200. The van der Waals surface area contributed by atoms with Crippen LogP contribution in [0.25, 0.3) is 0 Å². The normalized spacial score (nSPS) is 11.4. The first kappa shape index (κ1) is 17.9. The number of hydrogen-bond donors (Lipinski definition) is 1. The summed E-state index contributed by atoms with van der Waals surface area (Å²) in [5, 5.41) is 9.51. The Morgan fingerprint density at radius 1 is 1.04 bits per heavy atom. The summed E-state index contributed by atoms with van der Waals surface area (Å²) >= 11 is 0. The molecule has 0 heterocycles. The Hall–Kier alpha value is -2.49. The molecular formula is C20H24O4. The Balaban J connectivity index is 2.45. The van der Waals surface area contributed by atoms with E-state index in [9.17, 15) is 9.90 Å². The Labute approximate surface area is 143 Å². The molecule has 0 fully saturated rings. The van der Waals surface area contributed by atoms with Crippen LogP contribution in [0, 0.1) is 0 Å². The van der Waals surface area contributed by atoms with Crippen LogP contribution in [-0.2, 0) is 5.41 Å². The van der Waals surface area contributed by atoms with Gasteiger partial charge in [-0.05, 0) is 49.2 Å². The van der Waals surface area contributed by atoms with E-state index in [2.05, 4.69) is 13.8 Å². The Kier molecular flexibility index (Phi) is 5.17. The molecule has 0 aliphatic heterocycles. The van der Waals surface area contributed by atoms with Gasteiger partial charge in [-0.15, -0.1) is 0 Å². The van der Waals surface area contributed by atoms with Crippen molar-refractivity contribution in [3.05, 3.63) is 59.2 Å². The number of carboxylic acids is 1. The molecule has 0 saturated carbocycles. The van der Waals surface area contributed by atoms with Crippen LogP contribution < -0.4 is 9.47 Å². The molecule has 1 N–H and O–H groups in total. The van der Waals surface area contributed by atoms with Crippen molar-refractivity contribution in [2.45, 2.75) is 39.2 Å². The lowest BCUT2D eigenvalue weighted by Gasteiger charge is -2.27. The maximum absolute atomic E-state index is 11.6. The van der Waals surface area contributed by atoms with E-state index in [1.807, 2.05) is 44.2 Å². The number of carbonyl (C=O) groups is 1. The summed E-state index contributed by atoms with van der Waals surface area (Å²) in [6.45, 7) is 7.89. The second-order valence-electron chi connectivity index (χ2n) is 6.54. The molecule has 0 radical (unpaired) electrons. The second-order valence-corrected chi connectivity index (χ2v) is 6.54. The van der Waals surface area contributed by atoms with Gasteiger partial charge in [0, 0.05) is 5.41 Å². The molecule has 2 aromatic carbocycles. The molecule has 0 aromatic heterocycles. The molecule has 0 unspecified atom stereocenters. The van der Waals surface area contributed by atoms with Gasteiger partial charge in [-0.3, -0.25) is 0 Å². The van der Waals surface area contributed by atoms with Crippen LogP contribution >= 0.6 is 0 Å². The molecule has 0 atom stereocenters. The summed E-state index contributed by atoms with van der Waals surface area (Å²) in [6, 6.07) is 13.2. The highest BCUT2D eigenvalue weighted by Gasteiger charge is 2.25. The largest absolute Gasteiger partial charge is 0.497 e. The third kappa shape index (κ3) is 3.70. The van der Waals surface area contributed by atoms with Gasteiger partial charge in [0.2, 0.25) is 0 Å². The van der Waals surface area contributed by atoms with Gasteiger partial charge >= 0.3 is 5.97 Å². The number of hydrogen-bond acceptors (Lipinski definition) is 3. The Morgan fingerprint density at radius 2 is 1.62 bits per heavy atom. The van der Waals surface area contributed by atoms with Crippen molar-refractivity contribution in [2.24, 2.45) is 0 Å². The molecule has 0 saturated heterocycles. The van der Waals surface area contributed by atoms with Crippen molar-refractivity contribution in [2.75, 3.05) is 7.11 Å². The lowest BCUT2D eigenvalue weighted by atomic mass is 9.77. The Bertz CT molecular complexity index is 715. The third-order valence-electron chi connectivity index (χ3n) is 4.11.